The van der Waals surface area contributed by atoms with E-state index in [1.165, 1.54) is 16.0 Å². The first-order valence-corrected chi connectivity index (χ1v) is 13.7. The summed E-state index contributed by atoms with van der Waals surface area (Å²) in [6.07, 6.45) is 2.02. The van der Waals surface area contributed by atoms with Crippen LogP contribution in [-0.4, -0.2) is 69.6 Å². The molecule has 0 saturated heterocycles. The minimum atomic E-state index is -1.82. The van der Waals surface area contributed by atoms with Gasteiger partial charge in [0.25, 0.3) is 0 Å². The van der Waals surface area contributed by atoms with Gasteiger partial charge in [-0.3, -0.25) is 4.79 Å². The van der Waals surface area contributed by atoms with Crippen LogP contribution in [0.2, 0.25) is 0 Å². The highest BCUT2D eigenvalue weighted by Crippen LogP contribution is 2.36. The highest BCUT2D eigenvalue weighted by molar-refractivity contribution is 6.27. The Hall–Kier alpha value is -4.77. The van der Waals surface area contributed by atoms with Crippen molar-refractivity contribution in [1.82, 2.24) is 0 Å². The van der Waals surface area contributed by atoms with Gasteiger partial charge in [-0.1, -0.05) is 36.4 Å². The molecule has 3 aromatic rings. The smallest absolute Gasteiger partial charge is 0.414 e. The highest BCUT2D eigenvalue weighted by atomic mass is 16.5. The first-order chi connectivity index (χ1) is 20.7. The minimum absolute atomic E-state index is 0.128. The van der Waals surface area contributed by atoms with E-state index in [4.69, 9.17) is 43.5 Å². The zero-order valence-electron chi connectivity index (χ0n) is 24.8. The molecular weight excluding hydrogens is 558 g/mol. The summed E-state index contributed by atoms with van der Waals surface area (Å²) in [4.78, 5) is 32.1. The van der Waals surface area contributed by atoms with E-state index < -0.39 is 11.9 Å². The van der Waals surface area contributed by atoms with Gasteiger partial charge in [0.2, 0.25) is 0 Å². The Balaban J connectivity index is 0.000000765. The van der Waals surface area contributed by atoms with Crippen LogP contribution in [0.15, 0.2) is 60.7 Å². The summed E-state index contributed by atoms with van der Waals surface area (Å²) in [6, 6.07) is 20.1. The number of esters is 1. The van der Waals surface area contributed by atoms with Crippen molar-refractivity contribution >= 4 is 17.9 Å². The maximum atomic E-state index is 12.6. The van der Waals surface area contributed by atoms with E-state index in [-0.39, 0.29) is 12.0 Å². The Morgan fingerprint density at radius 2 is 1.37 bits per heavy atom. The molecule has 0 aromatic heterocycles. The number of rotatable bonds is 11. The topological polar surface area (TPSA) is 142 Å². The Bertz CT molecular complexity index is 1380. The zero-order valence-corrected chi connectivity index (χ0v) is 24.8. The number of carbonyl (C=O) groups is 3. The average molecular weight is 597 g/mol. The van der Waals surface area contributed by atoms with Crippen molar-refractivity contribution in [3.05, 3.63) is 82.9 Å². The third kappa shape index (κ3) is 9.11. The SMILES string of the molecule is COc1ccc(C[C@@H]2c3cc(OC)c(OC)cc3CC[NH+]2CCC(=O)OCc2ccccc2)cc1OC.O=C(O)C(=O)O. The molecule has 11 nitrogen and oxygen atoms in total. The van der Waals surface area contributed by atoms with Gasteiger partial charge in [0, 0.05) is 18.4 Å². The van der Waals surface area contributed by atoms with Crippen molar-refractivity contribution in [3.63, 3.8) is 0 Å². The number of carboxylic acids is 2. The Morgan fingerprint density at radius 3 is 1.98 bits per heavy atom. The number of aliphatic carboxylic acids is 2. The molecule has 0 saturated carbocycles. The number of ether oxygens (including phenoxy) is 5. The van der Waals surface area contributed by atoms with Crippen LogP contribution in [0.4, 0.5) is 0 Å². The molecule has 0 spiro atoms. The predicted octanol–water partition coefficient (Wildman–Crippen LogP) is 2.73. The molecule has 1 unspecified atom stereocenters. The number of methoxy groups -OCH3 is 4. The molecule has 11 heteroatoms. The molecule has 0 fully saturated rings. The second-order valence-corrected chi connectivity index (χ2v) is 9.77. The lowest BCUT2D eigenvalue weighted by atomic mass is 9.88. The molecule has 1 heterocycles. The van der Waals surface area contributed by atoms with E-state index in [0.717, 1.165) is 36.3 Å². The van der Waals surface area contributed by atoms with Crippen LogP contribution in [0.5, 0.6) is 23.0 Å². The van der Waals surface area contributed by atoms with Crippen LogP contribution in [-0.2, 0) is 38.6 Å². The van der Waals surface area contributed by atoms with Gasteiger partial charge in [0.1, 0.15) is 12.6 Å². The van der Waals surface area contributed by atoms with Crippen molar-refractivity contribution in [2.24, 2.45) is 0 Å². The fourth-order valence-corrected chi connectivity index (χ4v) is 5.04. The van der Waals surface area contributed by atoms with Crippen LogP contribution < -0.4 is 23.8 Å². The normalized spacial score (nSPS) is 15.2. The molecule has 1 aliphatic heterocycles. The molecule has 0 amide bonds. The van der Waals surface area contributed by atoms with Crippen molar-refractivity contribution in [2.45, 2.75) is 31.9 Å². The summed E-state index contributed by atoms with van der Waals surface area (Å²) in [5, 5.41) is 14.8. The Labute approximate surface area is 250 Å². The molecule has 230 valence electrons. The lowest BCUT2D eigenvalue weighted by Gasteiger charge is -2.35. The number of carboxylic acid groups (broad SMARTS) is 2. The number of benzene rings is 3. The van der Waals surface area contributed by atoms with Gasteiger partial charge in [-0.2, -0.15) is 0 Å². The molecule has 0 bridgehead atoms. The molecule has 0 radical (unpaired) electrons. The van der Waals surface area contributed by atoms with Gasteiger partial charge in [-0.15, -0.1) is 0 Å². The first-order valence-electron chi connectivity index (χ1n) is 13.7. The van der Waals surface area contributed by atoms with Crippen LogP contribution >= 0.6 is 0 Å². The molecule has 4 rings (SSSR count). The second-order valence-electron chi connectivity index (χ2n) is 9.77. The molecule has 1 aliphatic rings. The van der Waals surface area contributed by atoms with Gasteiger partial charge >= 0.3 is 17.9 Å². The quantitative estimate of drug-likeness (QED) is 0.223. The standard InChI is InChI=1S/C30H35NO6.C2H2O4/c1-33-26-11-10-22(17-27(26)34-2)16-25-24-19-29(36-4)28(35-3)18-23(24)12-14-31(25)15-13-30(32)37-20-21-8-6-5-7-9-21;3-1(4)2(5)6/h5-11,17-19,25H,12-16,20H2,1-4H3;(H,3,4)(H,5,6)/p+1/t25-;/m1./s1. The van der Waals surface area contributed by atoms with Gasteiger partial charge in [0.15, 0.2) is 23.0 Å². The summed E-state index contributed by atoms with van der Waals surface area (Å²) < 4.78 is 27.7. The van der Waals surface area contributed by atoms with E-state index in [9.17, 15) is 4.79 Å². The molecule has 43 heavy (non-hydrogen) atoms. The molecular formula is C32H38NO10+. The average Bonchev–Trinajstić information content (AvgIpc) is 3.03. The number of nitrogens with one attached hydrogen (secondary N) is 1. The third-order valence-electron chi connectivity index (χ3n) is 7.19. The number of quaternary nitrogens is 1. The Morgan fingerprint density at radius 1 is 0.767 bits per heavy atom. The van der Waals surface area contributed by atoms with E-state index in [1.54, 1.807) is 28.4 Å². The number of hydrogen-bond acceptors (Lipinski definition) is 8. The number of hydrogen-bond donors (Lipinski definition) is 3. The van der Waals surface area contributed by atoms with Crippen LogP contribution in [0.1, 0.15) is 34.7 Å². The monoisotopic (exact) mass is 596 g/mol. The summed E-state index contributed by atoms with van der Waals surface area (Å²) in [7, 11) is 6.60. The lowest BCUT2D eigenvalue weighted by Crippen LogP contribution is -3.13. The number of fused-ring (bicyclic) bond motifs is 1. The maximum absolute atomic E-state index is 12.6. The summed E-state index contributed by atoms with van der Waals surface area (Å²) in [5.74, 6) is -0.980. The second kappa shape index (κ2) is 16.0. The molecule has 0 aliphatic carbocycles. The van der Waals surface area contributed by atoms with Gasteiger partial charge in [-0.25, -0.2) is 9.59 Å². The maximum Gasteiger partial charge on any atom is 0.414 e. The number of carbonyl (C=O) groups excluding carboxylic acids is 1. The van der Waals surface area contributed by atoms with Crippen molar-refractivity contribution < 1.29 is 53.2 Å². The van der Waals surface area contributed by atoms with Crippen LogP contribution in [0.25, 0.3) is 0 Å². The zero-order chi connectivity index (χ0) is 31.4. The van der Waals surface area contributed by atoms with Crippen molar-refractivity contribution in [1.29, 1.82) is 0 Å². The van der Waals surface area contributed by atoms with Crippen LogP contribution in [0.3, 0.4) is 0 Å². The highest BCUT2D eigenvalue weighted by Gasteiger charge is 2.33. The fourth-order valence-electron chi connectivity index (χ4n) is 5.04. The van der Waals surface area contributed by atoms with Gasteiger partial charge in [0.05, 0.1) is 47.9 Å². The summed E-state index contributed by atoms with van der Waals surface area (Å²) in [5.41, 5.74) is 4.58. The first kappa shape index (κ1) is 32.7. The largest absolute Gasteiger partial charge is 0.493 e. The minimum Gasteiger partial charge on any atom is -0.493 e. The van der Waals surface area contributed by atoms with Gasteiger partial charge in [-0.05, 0) is 41.0 Å². The van der Waals surface area contributed by atoms with Crippen LogP contribution in [0, 0.1) is 0 Å². The molecule has 3 aromatic carbocycles. The van der Waals surface area contributed by atoms with Gasteiger partial charge < -0.3 is 38.8 Å². The summed E-state index contributed by atoms with van der Waals surface area (Å²) in [6.45, 7) is 1.88. The Kier molecular flexibility index (Phi) is 12.2. The van der Waals surface area contributed by atoms with E-state index >= 15 is 0 Å². The fraction of sp³-hybridized carbons (Fsp3) is 0.344. The third-order valence-corrected chi connectivity index (χ3v) is 7.19. The van der Waals surface area contributed by atoms with Crippen molar-refractivity contribution in [3.8, 4) is 23.0 Å². The summed E-state index contributed by atoms with van der Waals surface area (Å²) >= 11 is 0. The molecule has 3 N–H and O–H groups in total. The molecule has 2 atom stereocenters. The van der Waals surface area contributed by atoms with E-state index in [2.05, 4.69) is 18.2 Å². The predicted molar refractivity (Wildman–Crippen MR) is 156 cm³/mol. The van der Waals surface area contributed by atoms with Crippen molar-refractivity contribution in [2.75, 3.05) is 41.5 Å². The van der Waals surface area contributed by atoms with E-state index in [0.29, 0.717) is 36.8 Å². The lowest BCUT2D eigenvalue weighted by molar-refractivity contribution is -0.933. The van der Waals surface area contributed by atoms with E-state index in [1.807, 2.05) is 42.5 Å².